The number of amides is 2. The van der Waals surface area contributed by atoms with Gasteiger partial charge >= 0.3 is 5.97 Å². The van der Waals surface area contributed by atoms with Crippen LogP contribution in [0.1, 0.15) is 11.1 Å². The maximum absolute atomic E-state index is 13.1. The van der Waals surface area contributed by atoms with Gasteiger partial charge in [0.25, 0.3) is 5.78 Å². The minimum atomic E-state index is -1.54. The maximum atomic E-state index is 13.1. The third-order valence-electron chi connectivity index (χ3n) is 4.77. The summed E-state index contributed by atoms with van der Waals surface area (Å²) in [5.41, 5.74) is 2.89. The Kier molecular flexibility index (Phi) is 6.03. The van der Waals surface area contributed by atoms with Gasteiger partial charge in [0, 0.05) is 10.6 Å². The number of fused-ring (bicyclic) bond motifs is 1. The van der Waals surface area contributed by atoms with E-state index in [1.165, 1.54) is 0 Å². The molecule has 29 heavy (non-hydrogen) atoms. The zero-order valence-electron chi connectivity index (χ0n) is 16.1. The third-order valence-corrected chi connectivity index (χ3v) is 6.12. The van der Waals surface area contributed by atoms with Gasteiger partial charge in [0.1, 0.15) is 11.2 Å². The normalized spacial score (nSPS) is 16.2. The summed E-state index contributed by atoms with van der Waals surface area (Å²) in [4.78, 5) is 51.1. The van der Waals surface area contributed by atoms with Crippen molar-refractivity contribution in [3.05, 3.63) is 53.6 Å². The molecule has 0 aliphatic carbocycles. The Morgan fingerprint density at radius 2 is 1.83 bits per heavy atom. The Balaban J connectivity index is 1.96. The summed E-state index contributed by atoms with van der Waals surface area (Å²) in [6.45, 7) is 3.73. The number of esters is 1. The summed E-state index contributed by atoms with van der Waals surface area (Å²) in [5, 5.41) is 4.28. The summed E-state index contributed by atoms with van der Waals surface area (Å²) in [6.07, 6.45) is 0. The van der Waals surface area contributed by atoms with Gasteiger partial charge in [-0.3, -0.25) is 14.4 Å². The van der Waals surface area contributed by atoms with Crippen LogP contribution < -0.4 is 10.6 Å². The van der Waals surface area contributed by atoms with Gasteiger partial charge < -0.3 is 15.4 Å². The first kappa shape index (κ1) is 20.6. The molecule has 150 valence electrons. The molecule has 0 saturated carbocycles. The van der Waals surface area contributed by atoms with E-state index in [1.54, 1.807) is 36.4 Å². The average molecular weight is 412 g/mol. The van der Waals surface area contributed by atoms with Crippen LogP contribution in [0.4, 0.5) is 11.4 Å². The van der Waals surface area contributed by atoms with E-state index < -0.39 is 34.7 Å². The molecule has 2 aromatic carbocycles. The molecule has 3 rings (SSSR count). The summed E-state index contributed by atoms with van der Waals surface area (Å²) < 4.78 is 4.52. The average Bonchev–Trinajstić information content (AvgIpc) is 2.71. The van der Waals surface area contributed by atoms with E-state index in [4.69, 9.17) is 0 Å². The number of hydrogen-bond acceptors (Lipinski definition) is 6. The van der Waals surface area contributed by atoms with Crippen molar-refractivity contribution in [3.63, 3.8) is 0 Å². The first-order chi connectivity index (χ1) is 13.8. The van der Waals surface area contributed by atoms with Crippen LogP contribution in [0.3, 0.4) is 0 Å². The molecule has 0 radical (unpaired) electrons. The number of benzene rings is 2. The lowest BCUT2D eigenvalue weighted by Crippen LogP contribution is -2.47. The number of hydrogen-bond donors (Lipinski definition) is 2. The molecule has 0 unspecified atom stereocenters. The number of carbonyl (C=O) groups excluding carboxylic acids is 4. The van der Waals surface area contributed by atoms with E-state index in [0.717, 1.165) is 30.0 Å². The van der Waals surface area contributed by atoms with Crippen molar-refractivity contribution in [3.8, 4) is 0 Å². The van der Waals surface area contributed by atoms with Gasteiger partial charge in [0.2, 0.25) is 11.8 Å². The Hall–Kier alpha value is -3.13. The molecule has 1 aliphatic rings. The van der Waals surface area contributed by atoms with E-state index in [9.17, 15) is 19.2 Å². The molecule has 1 aliphatic heterocycles. The van der Waals surface area contributed by atoms with Gasteiger partial charge in [0.05, 0.1) is 12.8 Å². The van der Waals surface area contributed by atoms with Crippen molar-refractivity contribution >= 4 is 46.7 Å². The number of aryl methyl sites for hydroxylation is 1. The number of ketones is 1. The van der Waals surface area contributed by atoms with Crippen LogP contribution in [0, 0.1) is 19.8 Å². The lowest BCUT2D eigenvalue weighted by atomic mass is 9.96. The second-order valence-electron chi connectivity index (χ2n) is 6.59. The van der Waals surface area contributed by atoms with Gasteiger partial charge in [-0.1, -0.05) is 24.3 Å². The number of methoxy groups -OCH3 is 1. The van der Waals surface area contributed by atoms with E-state index in [-0.39, 0.29) is 0 Å². The minimum absolute atomic E-state index is 0.513. The molecule has 2 atom stereocenters. The van der Waals surface area contributed by atoms with Crippen molar-refractivity contribution in [1.29, 1.82) is 0 Å². The highest BCUT2D eigenvalue weighted by atomic mass is 32.2. The fraction of sp³-hybridized carbons (Fsp3) is 0.238. The van der Waals surface area contributed by atoms with Crippen LogP contribution in [0.5, 0.6) is 0 Å². The van der Waals surface area contributed by atoms with Crippen LogP contribution >= 0.6 is 11.8 Å². The molecule has 2 N–H and O–H groups in total. The van der Waals surface area contributed by atoms with Crippen LogP contribution in [0.25, 0.3) is 0 Å². The van der Waals surface area contributed by atoms with Crippen LogP contribution in [0.2, 0.25) is 0 Å². The van der Waals surface area contributed by atoms with Crippen LogP contribution in [-0.4, -0.2) is 35.9 Å². The summed E-state index contributed by atoms with van der Waals surface area (Å²) in [6, 6.07) is 12.4. The quantitative estimate of drug-likeness (QED) is 0.445. The second kappa shape index (κ2) is 8.48. The van der Waals surface area contributed by atoms with E-state index >= 15 is 0 Å². The van der Waals surface area contributed by atoms with E-state index in [1.807, 2.05) is 19.9 Å². The third kappa shape index (κ3) is 4.17. The first-order valence-corrected chi connectivity index (χ1v) is 9.77. The van der Waals surface area contributed by atoms with Gasteiger partial charge in [-0.15, -0.1) is 11.8 Å². The van der Waals surface area contributed by atoms with E-state index in [2.05, 4.69) is 15.4 Å². The maximum Gasteiger partial charge on any atom is 0.375 e. The molecule has 0 aromatic heterocycles. The standard InChI is InChI=1S/C21H20N2O5S/c1-11-7-6-9-13(12(11)2)22-19(25)16(17(24)21(27)28-3)18-20(26)23-14-8-4-5-10-15(14)29-18/h4-10,16,18H,1-3H3,(H,22,25)(H,23,26)/t16-,18+/m0/s1. The van der Waals surface area contributed by atoms with Crippen molar-refractivity contribution < 1.29 is 23.9 Å². The van der Waals surface area contributed by atoms with Gasteiger partial charge in [-0.05, 0) is 43.2 Å². The van der Waals surface area contributed by atoms with Crippen molar-refractivity contribution in [2.24, 2.45) is 5.92 Å². The molecule has 2 aromatic rings. The van der Waals surface area contributed by atoms with Gasteiger partial charge in [-0.25, -0.2) is 4.79 Å². The van der Waals surface area contributed by atoms with E-state index in [0.29, 0.717) is 16.3 Å². The van der Waals surface area contributed by atoms with Crippen molar-refractivity contribution in [1.82, 2.24) is 0 Å². The number of rotatable bonds is 5. The molecule has 0 spiro atoms. The van der Waals surface area contributed by atoms with Crippen molar-refractivity contribution in [2.45, 2.75) is 24.0 Å². The van der Waals surface area contributed by atoms with Crippen LogP contribution in [-0.2, 0) is 23.9 Å². The zero-order valence-corrected chi connectivity index (χ0v) is 17.0. The smallest absolute Gasteiger partial charge is 0.375 e. The predicted molar refractivity (Wildman–Crippen MR) is 110 cm³/mol. The topological polar surface area (TPSA) is 102 Å². The van der Waals surface area contributed by atoms with Crippen LogP contribution in [0.15, 0.2) is 47.4 Å². The Bertz CT molecular complexity index is 1000. The predicted octanol–water partition coefficient (Wildman–Crippen LogP) is 2.71. The molecule has 0 fully saturated rings. The second-order valence-corrected chi connectivity index (χ2v) is 7.78. The SMILES string of the molecule is COC(=O)C(=O)[C@H](C(=O)Nc1cccc(C)c1C)[C@H]1Sc2ccccc2NC1=O. The fourth-order valence-electron chi connectivity index (χ4n) is 3.00. The molecule has 8 heteroatoms. The number of para-hydroxylation sites is 1. The minimum Gasteiger partial charge on any atom is -0.463 e. The molecule has 2 amide bonds. The monoisotopic (exact) mass is 412 g/mol. The Morgan fingerprint density at radius 1 is 1.10 bits per heavy atom. The summed E-state index contributed by atoms with van der Waals surface area (Å²) in [7, 11) is 1.06. The number of nitrogens with one attached hydrogen (secondary N) is 2. The largest absolute Gasteiger partial charge is 0.463 e. The summed E-state index contributed by atoms with van der Waals surface area (Å²) in [5.74, 6) is -5.03. The fourth-order valence-corrected chi connectivity index (χ4v) is 4.23. The number of anilines is 2. The highest BCUT2D eigenvalue weighted by Crippen LogP contribution is 2.39. The van der Waals surface area contributed by atoms with Gasteiger partial charge in [0.15, 0.2) is 0 Å². The zero-order chi connectivity index (χ0) is 21.1. The molecule has 1 heterocycles. The molecular weight excluding hydrogens is 392 g/mol. The Labute approximate surface area is 172 Å². The Morgan fingerprint density at radius 3 is 2.55 bits per heavy atom. The molecule has 7 nitrogen and oxygen atoms in total. The van der Waals surface area contributed by atoms with Crippen molar-refractivity contribution in [2.75, 3.05) is 17.7 Å². The molecule has 0 bridgehead atoms. The molecule has 0 saturated heterocycles. The van der Waals surface area contributed by atoms with Gasteiger partial charge in [-0.2, -0.15) is 0 Å². The lowest BCUT2D eigenvalue weighted by molar-refractivity contribution is -0.155. The number of ether oxygens (including phenoxy) is 1. The first-order valence-electron chi connectivity index (χ1n) is 8.89. The molecular formula is C21H20N2O5S. The number of Topliss-reactive ketones (excluding diaryl/α,β-unsaturated/α-hetero) is 1. The lowest BCUT2D eigenvalue weighted by Gasteiger charge is -2.28. The number of carbonyl (C=O) groups is 4. The summed E-state index contributed by atoms with van der Waals surface area (Å²) >= 11 is 1.07. The highest BCUT2D eigenvalue weighted by Gasteiger charge is 2.45. The highest BCUT2D eigenvalue weighted by molar-refractivity contribution is 8.01. The number of thioether (sulfide) groups is 1.